The van der Waals surface area contributed by atoms with Crippen LogP contribution in [0.5, 0.6) is 11.5 Å². The molecular weight excluding hydrogens is 442 g/mol. The van der Waals surface area contributed by atoms with Crippen molar-refractivity contribution in [3.63, 3.8) is 0 Å². The van der Waals surface area contributed by atoms with Crippen LogP contribution in [-0.4, -0.2) is 21.6 Å². The zero-order valence-corrected chi connectivity index (χ0v) is 17.7. The fourth-order valence-electron chi connectivity index (χ4n) is 2.81. The van der Waals surface area contributed by atoms with Crippen LogP contribution in [0.25, 0.3) is 10.3 Å². The number of fused-ring (bicyclic) bond motifs is 1. The quantitative estimate of drug-likeness (QED) is 0.441. The van der Waals surface area contributed by atoms with Gasteiger partial charge in [0.05, 0.1) is 22.4 Å². The molecule has 1 heterocycles. The van der Waals surface area contributed by atoms with Gasteiger partial charge >= 0.3 is 11.0 Å². The Morgan fingerprint density at radius 2 is 1.68 bits per heavy atom. The summed E-state index contributed by atoms with van der Waals surface area (Å²) in [6, 6.07) is 17.9. The van der Waals surface area contributed by atoms with Crippen LogP contribution in [0.15, 0.2) is 86.9 Å². The van der Waals surface area contributed by atoms with E-state index in [0.717, 1.165) is 11.3 Å². The minimum atomic E-state index is -4.36. The Bertz CT molecular complexity index is 1390. The maximum absolute atomic E-state index is 13.4. The monoisotopic (exact) mass is 457 g/mol. The zero-order chi connectivity index (χ0) is 22.0. The Morgan fingerprint density at radius 3 is 2.35 bits per heavy atom. The van der Waals surface area contributed by atoms with Gasteiger partial charge in [0.1, 0.15) is 17.1 Å². The lowest BCUT2D eigenvalue weighted by atomic mass is 10.3. The molecule has 0 aliphatic carbocycles. The van der Waals surface area contributed by atoms with Gasteiger partial charge in [-0.1, -0.05) is 29.5 Å². The first-order valence-corrected chi connectivity index (χ1v) is 11.1. The standard InChI is InChI=1S/C21H15NO7S2/c1-27-15-8-10-17(11-9-15)31(25,26)22(20(23)28-16-5-3-2-4-6-16)14-7-12-18-19(13-14)30-21(24)29-18/h2-13H,1H3. The third kappa shape index (κ3) is 4.16. The molecule has 3 aromatic carbocycles. The Hall–Kier alpha value is -3.63. The Balaban J connectivity index is 1.82. The lowest BCUT2D eigenvalue weighted by molar-refractivity contribution is 0.211. The number of amides is 1. The molecule has 8 nitrogen and oxygen atoms in total. The highest BCUT2D eigenvalue weighted by molar-refractivity contribution is 7.93. The van der Waals surface area contributed by atoms with Crippen LogP contribution in [0.4, 0.5) is 10.5 Å². The molecule has 0 fully saturated rings. The number of para-hydroxylation sites is 1. The fourth-order valence-corrected chi connectivity index (χ4v) is 4.83. The number of carbonyl (C=O) groups excluding carboxylic acids is 1. The molecule has 158 valence electrons. The van der Waals surface area contributed by atoms with Crippen molar-refractivity contribution >= 4 is 43.4 Å². The molecule has 0 spiro atoms. The molecule has 4 rings (SSSR count). The number of benzene rings is 3. The summed E-state index contributed by atoms with van der Waals surface area (Å²) in [5.74, 6) is 0.637. The number of sulfonamides is 1. The highest BCUT2D eigenvalue weighted by Gasteiger charge is 2.33. The molecule has 0 unspecified atom stereocenters. The van der Waals surface area contributed by atoms with Gasteiger partial charge in [-0.15, -0.1) is 0 Å². The summed E-state index contributed by atoms with van der Waals surface area (Å²) < 4.78 is 43.1. The first kappa shape index (κ1) is 20.6. The van der Waals surface area contributed by atoms with E-state index in [4.69, 9.17) is 13.9 Å². The van der Waals surface area contributed by atoms with Gasteiger partial charge in [-0.3, -0.25) is 0 Å². The number of methoxy groups -OCH3 is 1. The molecule has 0 aliphatic rings. The number of hydrogen-bond donors (Lipinski definition) is 0. The molecule has 0 atom stereocenters. The first-order valence-electron chi connectivity index (χ1n) is 8.88. The fraction of sp³-hybridized carbons (Fsp3) is 0.0476. The van der Waals surface area contributed by atoms with Crippen molar-refractivity contribution in [2.24, 2.45) is 0 Å². The molecule has 1 aromatic heterocycles. The molecule has 0 saturated heterocycles. The lowest BCUT2D eigenvalue weighted by Crippen LogP contribution is -2.39. The van der Waals surface area contributed by atoms with Gasteiger partial charge in [0.25, 0.3) is 10.0 Å². The molecular formula is C21H15NO7S2. The van der Waals surface area contributed by atoms with E-state index in [1.54, 1.807) is 18.2 Å². The number of hydrogen-bond acceptors (Lipinski definition) is 8. The predicted molar refractivity (Wildman–Crippen MR) is 115 cm³/mol. The van der Waals surface area contributed by atoms with Gasteiger partial charge in [0.2, 0.25) is 0 Å². The molecule has 10 heteroatoms. The molecule has 0 N–H and O–H groups in total. The average molecular weight is 457 g/mol. The van der Waals surface area contributed by atoms with Gasteiger partial charge in [0.15, 0.2) is 0 Å². The van der Waals surface area contributed by atoms with Crippen LogP contribution >= 0.6 is 11.3 Å². The van der Waals surface area contributed by atoms with Crippen molar-refractivity contribution in [2.75, 3.05) is 11.4 Å². The van der Waals surface area contributed by atoms with Crippen molar-refractivity contribution < 1.29 is 27.1 Å². The highest BCUT2D eigenvalue weighted by atomic mass is 32.2. The number of anilines is 1. The molecule has 0 bridgehead atoms. The maximum Gasteiger partial charge on any atom is 0.434 e. The molecule has 0 saturated carbocycles. The van der Waals surface area contributed by atoms with E-state index in [2.05, 4.69) is 0 Å². The lowest BCUT2D eigenvalue weighted by Gasteiger charge is -2.22. The number of carbonyl (C=O) groups is 1. The van der Waals surface area contributed by atoms with Crippen LogP contribution in [0.1, 0.15) is 0 Å². The molecule has 0 aliphatic heterocycles. The molecule has 1 amide bonds. The minimum Gasteiger partial charge on any atom is -0.497 e. The summed E-state index contributed by atoms with van der Waals surface area (Å²) in [4.78, 5) is 23.9. The van der Waals surface area contributed by atoms with E-state index in [9.17, 15) is 18.0 Å². The summed E-state index contributed by atoms with van der Waals surface area (Å²) in [5, 5.41) is 0. The van der Waals surface area contributed by atoms with E-state index in [0.29, 0.717) is 14.8 Å². The van der Waals surface area contributed by atoms with Crippen molar-refractivity contribution in [1.82, 2.24) is 0 Å². The average Bonchev–Trinajstić information content (AvgIpc) is 3.13. The van der Waals surface area contributed by atoms with Gasteiger partial charge in [-0.05, 0) is 54.6 Å². The zero-order valence-electron chi connectivity index (χ0n) is 16.0. The van der Waals surface area contributed by atoms with Crippen LogP contribution in [0.3, 0.4) is 0 Å². The minimum absolute atomic E-state index is 0.00120. The van der Waals surface area contributed by atoms with Crippen LogP contribution in [0.2, 0.25) is 0 Å². The Kier molecular flexibility index (Phi) is 5.49. The van der Waals surface area contributed by atoms with Crippen molar-refractivity contribution in [3.8, 4) is 11.5 Å². The Morgan fingerprint density at radius 1 is 0.968 bits per heavy atom. The Labute approximate surface area is 180 Å². The number of nitrogens with zero attached hydrogens (tertiary/aromatic N) is 1. The van der Waals surface area contributed by atoms with Crippen molar-refractivity contribution in [3.05, 3.63) is 82.5 Å². The number of ether oxygens (including phenoxy) is 2. The normalized spacial score (nSPS) is 11.3. The second-order valence-electron chi connectivity index (χ2n) is 6.21. The summed E-state index contributed by atoms with van der Waals surface area (Å²) in [6.45, 7) is 0. The van der Waals surface area contributed by atoms with E-state index in [-0.39, 0.29) is 21.9 Å². The maximum atomic E-state index is 13.4. The summed E-state index contributed by atoms with van der Waals surface area (Å²) in [7, 11) is -2.90. The largest absolute Gasteiger partial charge is 0.497 e. The van der Waals surface area contributed by atoms with Gasteiger partial charge < -0.3 is 13.9 Å². The second kappa shape index (κ2) is 8.25. The summed E-state index contributed by atoms with van der Waals surface area (Å²) >= 11 is 0.798. The van der Waals surface area contributed by atoms with Gasteiger partial charge in [-0.2, -0.15) is 4.31 Å². The predicted octanol–water partition coefficient (Wildman–Crippen LogP) is 4.26. The highest BCUT2D eigenvalue weighted by Crippen LogP contribution is 2.30. The smallest absolute Gasteiger partial charge is 0.434 e. The molecule has 31 heavy (non-hydrogen) atoms. The summed E-state index contributed by atoms with van der Waals surface area (Å²) in [6.07, 6.45) is -1.13. The first-order chi connectivity index (χ1) is 14.9. The van der Waals surface area contributed by atoms with E-state index in [1.807, 2.05) is 0 Å². The van der Waals surface area contributed by atoms with Gasteiger partial charge in [0, 0.05) is 0 Å². The molecule has 0 radical (unpaired) electrons. The van der Waals surface area contributed by atoms with Crippen LogP contribution in [0, 0.1) is 0 Å². The van der Waals surface area contributed by atoms with Crippen molar-refractivity contribution in [1.29, 1.82) is 0 Å². The van der Waals surface area contributed by atoms with Crippen LogP contribution < -0.4 is 18.7 Å². The third-order valence-corrected chi connectivity index (χ3v) is 6.76. The van der Waals surface area contributed by atoms with E-state index >= 15 is 0 Å². The van der Waals surface area contributed by atoms with Gasteiger partial charge in [-0.25, -0.2) is 18.0 Å². The second-order valence-corrected chi connectivity index (χ2v) is 8.98. The molecule has 4 aromatic rings. The SMILES string of the molecule is COc1ccc(S(=O)(=O)N(C(=O)Oc2ccccc2)c2ccc3oc(=O)sc3c2)cc1. The number of rotatable bonds is 5. The van der Waals surface area contributed by atoms with Crippen molar-refractivity contribution in [2.45, 2.75) is 4.90 Å². The topological polar surface area (TPSA) is 103 Å². The third-order valence-electron chi connectivity index (χ3n) is 4.26. The van der Waals surface area contributed by atoms with E-state index in [1.165, 1.54) is 61.7 Å². The van der Waals surface area contributed by atoms with E-state index < -0.39 is 21.1 Å². The summed E-state index contributed by atoms with van der Waals surface area (Å²) in [5.41, 5.74) is 0.290. The van der Waals surface area contributed by atoms with Crippen LogP contribution in [-0.2, 0) is 10.0 Å².